The molecule has 0 aromatic heterocycles. The van der Waals surface area contributed by atoms with Gasteiger partial charge in [-0.2, -0.15) is 5.10 Å². The highest BCUT2D eigenvalue weighted by molar-refractivity contribution is 6.02. The maximum atomic E-state index is 12.5. The third kappa shape index (κ3) is 3.43. The van der Waals surface area contributed by atoms with Gasteiger partial charge in [0.1, 0.15) is 11.5 Å². The average Bonchev–Trinajstić information content (AvgIpc) is 3.39. The van der Waals surface area contributed by atoms with Crippen LogP contribution in [0.2, 0.25) is 0 Å². The van der Waals surface area contributed by atoms with Gasteiger partial charge in [-0.3, -0.25) is 4.79 Å². The second kappa shape index (κ2) is 7.20. The summed E-state index contributed by atoms with van der Waals surface area (Å²) in [5.41, 5.74) is 5.29. The third-order valence-electron chi connectivity index (χ3n) is 5.12. The second-order valence-corrected chi connectivity index (χ2v) is 6.78. The standard InChI is InChI=1S/C21H24N2O3/c1-14(17-11-10-16(25-3)12-19(17)26-4)22-23-20(24)18-13-21(18,2)15-8-6-5-7-9-15/h5-12,18H,13H2,1-4H3,(H,23,24). The minimum Gasteiger partial charge on any atom is -0.497 e. The summed E-state index contributed by atoms with van der Waals surface area (Å²) in [7, 11) is 3.20. The number of carbonyl (C=O) groups is 1. The van der Waals surface area contributed by atoms with Crippen molar-refractivity contribution in [2.24, 2.45) is 11.0 Å². The van der Waals surface area contributed by atoms with Crippen LogP contribution in [0.25, 0.3) is 0 Å². The topological polar surface area (TPSA) is 59.9 Å². The molecule has 0 aliphatic heterocycles. The molecule has 3 rings (SSSR count). The summed E-state index contributed by atoms with van der Waals surface area (Å²) in [6, 6.07) is 15.6. The molecule has 5 heteroatoms. The van der Waals surface area contributed by atoms with Crippen LogP contribution in [0.1, 0.15) is 31.4 Å². The summed E-state index contributed by atoms with van der Waals surface area (Å²) >= 11 is 0. The van der Waals surface area contributed by atoms with E-state index in [0.717, 1.165) is 12.0 Å². The number of nitrogens with one attached hydrogen (secondary N) is 1. The van der Waals surface area contributed by atoms with Crippen LogP contribution in [-0.4, -0.2) is 25.8 Å². The van der Waals surface area contributed by atoms with Crippen LogP contribution in [0.4, 0.5) is 0 Å². The SMILES string of the molecule is COc1ccc(C(C)=NNC(=O)C2CC2(C)c2ccccc2)c(OC)c1. The fraction of sp³-hybridized carbons (Fsp3) is 0.333. The number of rotatable bonds is 6. The average molecular weight is 352 g/mol. The van der Waals surface area contributed by atoms with E-state index in [1.165, 1.54) is 5.56 Å². The highest BCUT2D eigenvalue weighted by atomic mass is 16.5. The van der Waals surface area contributed by atoms with E-state index >= 15 is 0 Å². The van der Waals surface area contributed by atoms with Crippen LogP contribution in [0, 0.1) is 5.92 Å². The zero-order valence-corrected chi connectivity index (χ0v) is 15.6. The molecule has 26 heavy (non-hydrogen) atoms. The first-order valence-electron chi connectivity index (χ1n) is 8.61. The van der Waals surface area contributed by atoms with E-state index in [9.17, 15) is 4.79 Å². The third-order valence-corrected chi connectivity index (χ3v) is 5.12. The van der Waals surface area contributed by atoms with Gasteiger partial charge in [-0.1, -0.05) is 37.3 Å². The van der Waals surface area contributed by atoms with Crippen molar-refractivity contribution in [3.05, 3.63) is 59.7 Å². The number of amides is 1. The molecule has 2 aromatic rings. The minimum atomic E-state index is -0.105. The van der Waals surface area contributed by atoms with E-state index < -0.39 is 0 Å². The van der Waals surface area contributed by atoms with E-state index in [0.29, 0.717) is 17.2 Å². The molecule has 2 atom stereocenters. The fourth-order valence-electron chi connectivity index (χ4n) is 3.26. The molecule has 2 aromatic carbocycles. The van der Waals surface area contributed by atoms with Gasteiger partial charge in [0.15, 0.2) is 0 Å². The fourth-order valence-corrected chi connectivity index (χ4v) is 3.26. The lowest BCUT2D eigenvalue weighted by molar-refractivity contribution is -0.122. The van der Waals surface area contributed by atoms with Crippen LogP contribution < -0.4 is 14.9 Å². The number of carbonyl (C=O) groups excluding carboxylic acids is 1. The van der Waals surface area contributed by atoms with E-state index in [-0.39, 0.29) is 17.2 Å². The number of benzene rings is 2. The molecule has 0 heterocycles. The Bertz CT molecular complexity index is 832. The normalized spacial score (nSPS) is 21.8. The quantitative estimate of drug-likeness (QED) is 0.639. The highest BCUT2D eigenvalue weighted by Crippen LogP contribution is 2.53. The Hall–Kier alpha value is -2.82. The molecule has 1 N–H and O–H groups in total. The number of ether oxygens (including phenoxy) is 2. The van der Waals surface area contributed by atoms with Gasteiger partial charge in [-0.15, -0.1) is 0 Å². The predicted molar refractivity (Wildman–Crippen MR) is 102 cm³/mol. The van der Waals surface area contributed by atoms with E-state index in [4.69, 9.17) is 9.47 Å². The van der Waals surface area contributed by atoms with Crippen LogP contribution in [0.15, 0.2) is 53.6 Å². The molecule has 2 unspecified atom stereocenters. The van der Waals surface area contributed by atoms with Crippen molar-refractivity contribution in [1.29, 1.82) is 0 Å². The number of nitrogens with zero attached hydrogens (tertiary/aromatic N) is 1. The predicted octanol–water partition coefficient (Wildman–Crippen LogP) is 3.52. The van der Waals surface area contributed by atoms with Gasteiger partial charge in [0.25, 0.3) is 0 Å². The maximum Gasteiger partial charge on any atom is 0.244 e. The highest BCUT2D eigenvalue weighted by Gasteiger charge is 2.55. The number of methoxy groups -OCH3 is 2. The molecule has 136 valence electrons. The maximum absolute atomic E-state index is 12.5. The van der Waals surface area contributed by atoms with Gasteiger partial charge < -0.3 is 9.47 Å². The molecule has 1 aliphatic carbocycles. The molecule has 5 nitrogen and oxygen atoms in total. The molecule has 1 saturated carbocycles. The first kappa shape index (κ1) is 18.0. The summed E-state index contributed by atoms with van der Waals surface area (Å²) < 4.78 is 10.6. The number of hydrazone groups is 1. The Balaban J connectivity index is 1.70. The van der Waals surface area contributed by atoms with Gasteiger partial charge in [0, 0.05) is 17.0 Å². The molecular formula is C21H24N2O3. The van der Waals surface area contributed by atoms with Crippen molar-refractivity contribution < 1.29 is 14.3 Å². The summed E-state index contributed by atoms with van der Waals surface area (Å²) in [6.45, 7) is 3.96. The number of hydrogen-bond acceptors (Lipinski definition) is 4. The van der Waals surface area contributed by atoms with Gasteiger partial charge >= 0.3 is 0 Å². The second-order valence-electron chi connectivity index (χ2n) is 6.78. The van der Waals surface area contributed by atoms with Crippen LogP contribution >= 0.6 is 0 Å². The monoisotopic (exact) mass is 352 g/mol. The molecule has 0 spiro atoms. The van der Waals surface area contributed by atoms with Crippen molar-refractivity contribution >= 4 is 11.6 Å². The summed E-state index contributed by atoms with van der Waals surface area (Å²) in [6.07, 6.45) is 0.837. The Morgan fingerprint density at radius 3 is 2.54 bits per heavy atom. The lowest BCUT2D eigenvalue weighted by atomic mass is 9.95. The zero-order chi connectivity index (χ0) is 18.7. The summed E-state index contributed by atoms with van der Waals surface area (Å²) in [5, 5.41) is 4.28. The molecule has 1 fully saturated rings. The van der Waals surface area contributed by atoms with Crippen molar-refractivity contribution in [2.75, 3.05) is 14.2 Å². The summed E-state index contributed by atoms with van der Waals surface area (Å²) in [4.78, 5) is 12.5. The number of hydrogen-bond donors (Lipinski definition) is 1. The first-order chi connectivity index (χ1) is 12.5. The molecule has 0 radical (unpaired) electrons. The lowest BCUT2D eigenvalue weighted by Gasteiger charge is -2.12. The van der Waals surface area contributed by atoms with Crippen molar-refractivity contribution in [2.45, 2.75) is 25.7 Å². The van der Waals surface area contributed by atoms with Crippen molar-refractivity contribution in [3.63, 3.8) is 0 Å². The minimum absolute atomic E-state index is 0.0526. The van der Waals surface area contributed by atoms with Crippen LogP contribution in [0.5, 0.6) is 11.5 Å². The molecular weight excluding hydrogens is 328 g/mol. The molecule has 1 amide bonds. The van der Waals surface area contributed by atoms with Crippen LogP contribution in [-0.2, 0) is 10.2 Å². The van der Waals surface area contributed by atoms with Crippen LogP contribution in [0.3, 0.4) is 0 Å². The Kier molecular flexibility index (Phi) is 4.98. The zero-order valence-electron chi connectivity index (χ0n) is 15.6. The Labute approximate surface area is 154 Å². The van der Waals surface area contributed by atoms with Gasteiger partial charge in [0.05, 0.1) is 25.8 Å². The Morgan fingerprint density at radius 2 is 1.88 bits per heavy atom. The molecule has 1 aliphatic rings. The molecule has 0 saturated heterocycles. The Morgan fingerprint density at radius 1 is 1.15 bits per heavy atom. The lowest BCUT2D eigenvalue weighted by Crippen LogP contribution is -2.24. The smallest absolute Gasteiger partial charge is 0.244 e. The van der Waals surface area contributed by atoms with Gasteiger partial charge in [-0.25, -0.2) is 5.43 Å². The molecule has 0 bridgehead atoms. The summed E-state index contributed by atoms with van der Waals surface area (Å²) in [5.74, 6) is 1.25. The van der Waals surface area contributed by atoms with E-state index in [2.05, 4.69) is 29.6 Å². The van der Waals surface area contributed by atoms with Gasteiger partial charge in [-0.05, 0) is 31.0 Å². The van der Waals surface area contributed by atoms with Crippen molar-refractivity contribution in [1.82, 2.24) is 5.43 Å². The first-order valence-corrected chi connectivity index (χ1v) is 8.61. The van der Waals surface area contributed by atoms with E-state index in [1.54, 1.807) is 20.3 Å². The van der Waals surface area contributed by atoms with Crippen molar-refractivity contribution in [3.8, 4) is 11.5 Å². The van der Waals surface area contributed by atoms with Gasteiger partial charge in [0.2, 0.25) is 5.91 Å². The van der Waals surface area contributed by atoms with E-state index in [1.807, 2.05) is 37.3 Å². The largest absolute Gasteiger partial charge is 0.497 e.